The van der Waals surface area contributed by atoms with Crippen LogP contribution in [0.3, 0.4) is 0 Å². The third-order valence-electron chi connectivity index (χ3n) is 5.21. The van der Waals surface area contributed by atoms with Crippen LogP contribution in [0.15, 0.2) is 16.3 Å². The Morgan fingerprint density at radius 1 is 1.10 bits per heavy atom. The number of hydrogen-bond donors (Lipinski definition) is 1. The maximum Gasteiger partial charge on any atom is 0.340 e. The summed E-state index contributed by atoms with van der Waals surface area (Å²) in [6.07, 6.45) is 0. The minimum atomic E-state index is -3.55. The number of carbonyl (C=O) groups excluding carboxylic acids is 2. The molecule has 1 aliphatic rings. The number of sulfonamides is 1. The van der Waals surface area contributed by atoms with Crippen LogP contribution in [0.4, 0.5) is 0 Å². The Hall–Kier alpha value is -2.21. The number of H-pyrrole nitrogens is 1. The van der Waals surface area contributed by atoms with Crippen molar-refractivity contribution >= 4 is 33.2 Å². The fourth-order valence-corrected chi connectivity index (χ4v) is 6.39. The first-order valence-corrected chi connectivity index (χ1v) is 12.1. The zero-order valence-electron chi connectivity index (χ0n) is 18.1. The molecule has 1 saturated heterocycles. The predicted octanol–water partition coefficient (Wildman–Crippen LogP) is 1.95. The van der Waals surface area contributed by atoms with Crippen molar-refractivity contribution in [3.63, 3.8) is 0 Å². The van der Waals surface area contributed by atoms with E-state index >= 15 is 0 Å². The third kappa shape index (κ3) is 4.84. The highest BCUT2D eigenvalue weighted by atomic mass is 32.2. The smallest absolute Gasteiger partial charge is 0.340 e. The number of piperazine rings is 1. The number of methoxy groups -OCH3 is 1. The van der Waals surface area contributed by atoms with Gasteiger partial charge in [-0.3, -0.25) is 4.79 Å². The van der Waals surface area contributed by atoms with Crippen molar-refractivity contribution in [1.29, 1.82) is 0 Å². The summed E-state index contributed by atoms with van der Waals surface area (Å²) < 4.78 is 37.4. The van der Waals surface area contributed by atoms with Gasteiger partial charge >= 0.3 is 5.97 Å². The summed E-state index contributed by atoms with van der Waals surface area (Å²) in [5.41, 5.74) is 1.74. The fraction of sp³-hybridized carbons (Fsp3) is 0.500. The highest BCUT2D eigenvalue weighted by Gasteiger charge is 2.33. The number of aryl methyl sites for hydroxylation is 2. The second-order valence-electron chi connectivity index (χ2n) is 7.32. The lowest BCUT2D eigenvalue weighted by molar-refractivity contribution is 0.0386. The van der Waals surface area contributed by atoms with Crippen molar-refractivity contribution in [1.82, 2.24) is 14.2 Å². The molecule has 3 heterocycles. The second-order valence-corrected chi connectivity index (χ2v) is 10.8. The quantitative estimate of drug-likeness (QED) is 0.490. The van der Waals surface area contributed by atoms with Crippen LogP contribution < -0.4 is 0 Å². The fourth-order valence-electron chi connectivity index (χ4n) is 3.53. The van der Waals surface area contributed by atoms with E-state index in [1.807, 2.05) is 6.92 Å². The van der Waals surface area contributed by atoms with Crippen molar-refractivity contribution in [2.75, 3.05) is 46.5 Å². The summed E-state index contributed by atoms with van der Waals surface area (Å²) >= 11 is 1.24. The van der Waals surface area contributed by atoms with Crippen LogP contribution in [0, 0.1) is 20.8 Å². The molecule has 1 fully saturated rings. The van der Waals surface area contributed by atoms with E-state index in [4.69, 9.17) is 9.47 Å². The molecule has 1 aliphatic heterocycles. The molecule has 0 aromatic carbocycles. The summed E-state index contributed by atoms with van der Waals surface area (Å²) in [4.78, 5) is 31.0. The Morgan fingerprint density at radius 2 is 1.77 bits per heavy atom. The van der Waals surface area contributed by atoms with E-state index in [9.17, 15) is 18.0 Å². The number of amides is 1. The molecule has 0 saturated carbocycles. The van der Waals surface area contributed by atoms with Crippen molar-refractivity contribution in [3.8, 4) is 0 Å². The minimum absolute atomic E-state index is 0.128. The maximum absolute atomic E-state index is 13.1. The molecule has 2 aromatic heterocycles. The molecule has 0 aliphatic carbocycles. The Bertz CT molecular complexity index is 1060. The van der Waals surface area contributed by atoms with Gasteiger partial charge in [-0.15, -0.1) is 11.3 Å². The molecule has 0 spiro atoms. The largest absolute Gasteiger partial charge is 0.460 e. The van der Waals surface area contributed by atoms with Crippen LogP contribution in [0.2, 0.25) is 0 Å². The van der Waals surface area contributed by atoms with Crippen LogP contribution >= 0.6 is 11.3 Å². The number of aromatic amines is 1. The van der Waals surface area contributed by atoms with Crippen LogP contribution in [-0.2, 0) is 19.5 Å². The molecule has 1 N–H and O–H groups in total. The summed E-state index contributed by atoms with van der Waals surface area (Å²) in [6.45, 7) is 6.67. The Balaban J connectivity index is 1.68. The van der Waals surface area contributed by atoms with Gasteiger partial charge in [0.25, 0.3) is 15.9 Å². The van der Waals surface area contributed by atoms with E-state index in [-0.39, 0.29) is 45.3 Å². The number of nitrogens with zero attached hydrogens (tertiary/aromatic N) is 2. The molecule has 0 radical (unpaired) electrons. The van der Waals surface area contributed by atoms with Gasteiger partial charge in [0.2, 0.25) is 0 Å². The van der Waals surface area contributed by atoms with E-state index in [1.54, 1.807) is 30.9 Å². The monoisotopic (exact) mass is 469 g/mol. The number of rotatable bonds is 7. The van der Waals surface area contributed by atoms with Gasteiger partial charge in [0.1, 0.15) is 16.5 Å². The van der Waals surface area contributed by atoms with Crippen LogP contribution in [0.25, 0.3) is 0 Å². The lowest BCUT2D eigenvalue weighted by atomic mass is 10.1. The minimum Gasteiger partial charge on any atom is -0.460 e. The van der Waals surface area contributed by atoms with Crippen LogP contribution in [0.1, 0.15) is 37.0 Å². The molecule has 0 bridgehead atoms. The van der Waals surface area contributed by atoms with E-state index in [0.717, 1.165) is 4.88 Å². The normalized spacial score (nSPS) is 15.3. The third-order valence-corrected chi connectivity index (χ3v) is 8.58. The van der Waals surface area contributed by atoms with Gasteiger partial charge in [0.15, 0.2) is 0 Å². The topological polar surface area (TPSA) is 109 Å². The lowest BCUT2D eigenvalue weighted by Crippen LogP contribution is -2.50. The highest BCUT2D eigenvalue weighted by Crippen LogP contribution is 2.26. The molecule has 9 nitrogen and oxygen atoms in total. The molecular weight excluding hydrogens is 442 g/mol. The summed E-state index contributed by atoms with van der Waals surface area (Å²) in [7, 11) is -2.04. The van der Waals surface area contributed by atoms with Crippen molar-refractivity contribution in [3.05, 3.63) is 39.5 Å². The SMILES string of the molecule is COCCOC(=O)c1c(C)[nH]c(C(=O)N2CCN(S(=O)(=O)c3ccc(C)s3)CC2)c1C. The number of carbonyl (C=O) groups is 2. The van der Waals surface area contributed by atoms with Crippen molar-refractivity contribution < 1.29 is 27.5 Å². The average Bonchev–Trinajstić information content (AvgIpc) is 3.31. The molecule has 0 unspecified atom stereocenters. The van der Waals surface area contributed by atoms with Gasteiger partial charge in [-0.1, -0.05) is 0 Å². The molecule has 170 valence electrons. The van der Waals surface area contributed by atoms with Crippen molar-refractivity contribution in [2.45, 2.75) is 25.0 Å². The number of hydrogen-bond acceptors (Lipinski definition) is 7. The first-order chi connectivity index (χ1) is 14.7. The summed E-state index contributed by atoms with van der Waals surface area (Å²) in [6, 6.07) is 3.40. The Labute approximate surface area is 186 Å². The zero-order valence-corrected chi connectivity index (χ0v) is 19.7. The van der Waals surface area contributed by atoms with Gasteiger partial charge in [-0.05, 0) is 38.5 Å². The summed E-state index contributed by atoms with van der Waals surface area (Å²) in [5.74, 6) is -0.773. The standard InChI is InChI=1S/C20H27N3O6S2/c1-13-5-6-16(30-13)31(26,27)23-9-7-22(8-10-23)19(24)18-14(2)17(15(3)21-18)20(25)29-12-11-28-4/h5-6,21H,7-12H2,1-4H3. The first kappa shape index (κ1) is 23.5. The first-order valence-electron chi connectivity index (χ1n) is 9.88. The number of aromatic nitrogens is 1. The predicted molar refractivity (Wildman–Crippen MR) is 116 cm³/mol. The molecule has 31 heavy (non-hydrogen) atoms. The highest BCUT2D eigenvalue weighted by molar-refractivity contribution is 7.91. The zero-order chi connectivity index (χ0) is 22.8. The number of nitrogens with one attached hydrogen (secondary N) is 1. The Kier molecular flexibility index (Phi) is 7.20. The molecule has 1 amide bonds. The van der Waals surface area contributed by atoms with Crippen molar-refractivity contribution in [2.24, 2.45) is 0 Å². The lowest BCUT2D eigenvalue weighted by Gasteiger charge is -2.33. The van der Waals surface area contributed by atoms with E-state index in [2.05, 4.69) is 4.98 Å². The Morgan fingerprint density at radius 3 is 2.35 bits per heavy atom. The molecule has 0 atom stereocenters. The van der Waals surface area contributed by atoms with Crippen LogP contribution in [0.5, 0.6) is 0 Å². The van der Waals surface area contributed by atoms with E-state index in [1.165, 1.54) is 22.8 Å². The molecule has 3 rings (SSSR count). The average molecular weight is 470 g/mol. The molecule has 2 aromatic rings. The van der Waals surface area contributed by atoms with Gasteiger partial charge < -0.3 is 19.4 Å². The van der Waals surface area contributed by atoms with Gasteiger partial charge in [-0.25, -0.2) is 13.2 Å². The second kappa shape index (κ2) is 9.51. The van der Waals surface area contributed by atoms with Gasteiger partial charge in [0, 0.05) is 43.9 Å². The number of esters is 1. The summed E-state index contributed by atoms with van der Waals surface area (Å²) in [5, 5.41) is 0. The van der Waals surface area contributed by atoms with Crippen LogP contribution in [-0.4, -0.2) is 81.0 Å². The van der Waals surface area contributed by atoms with Gasteiger partial charge in [-0.2, -0.15) is 4.31 Å². The van der Waals surface area contributed by atoms with E-state index < -0.39 is 16.0 Å². The van der Waals surface area contributed by atoms with Gasteiger partial charge in [0.05, 0.1) is 12.2 Å². The van der Waals surface area contributed by atoms with E-state index in [0.29, 0.717) is 26.7 Å². The molecular formula is C20H27N3O6S2. The maximum atomic E-state index is 13.1. The number of ether oxygens (including phenoxy) is 2. The number of thiophene rings is 1. The molecule has 11 heteroatoms.